The molecular weight excluding hydrogens is 398 g/mol. The highest BCUT2D eigenvalue weighted by Crippen LogP contribution is 2.36. The number of hydrogen-bond donors (Lipinski definition) is 1. The molecule has 0 radical (unpaired) electrons. The van der Waals surface area contributed by atoms with Crippen molar-refractivity contribution in [2.45, 2.75) is 0 Å². The molecule has 152 valence electrons. The van der Waals surface area contributed by atoms with Gasteiger partial charge in [0.2, 0.25) is 0 Å². The SMILES string of the molecule is Cl.Cn1cc(-c2ccc3cnc(-c4ccc(N5CC6(CNC6)C5)nc4)nc3c2)cn1. The van der Waals surface area contributed by atoms with Crippen LogP contribution in [0, 0.1) is 5.41 Å². The smallest absolute Gasteiger partial charge is 0.161 e. The van der Waals surface area contributed by atoms with Crippen LogP contribution in [0.2, 0.25) is 0 Å². The van der Waals surface area contributed by atoms with Gasteiger partial charge in [0.25, 0.3) is 0 Å². The second-order valence-electron chi connectivity index (χ2n) is 8.23. The van der Waals surface area contributed by atoms with Crippen molar-refractivity contribution in [1.29, 1.82) is 0 Å². The normalized spacial score (nSPS) is 16.8. The largest absolute Gasteiger partial charge is 0.355 e. The van der Waals surface area contributed by atoms with Crippen molar-refractivity contribution in [2.24, 2.45) is 12.5 Å². The van der Waals surface area contributed by atoms with Crippen LogP contribution < -0.4 is 10.2 Å². The average molecular weight is 420 g/mol. The highest BCUT2D eigenvalue weighted by Gasteiger charge is 2.47. The maximum absolute atomic E-state index is 4.79. The molecule has 8 heteroatoms. The highest BCUT2D eigenvalue weighted by molar-refractivity contribution is 5.85. The molecule has 0 saturated carbocycles. The second kappa shape index (κ2) is 7.04. The topological polar surface area (TPSA) is 71.8 Å². The van der Waals surface area contributed by atoms with Gasteiger partial charge < -0.3 is 10.2 Å². The van der Waals surface area contributed by atoms with E-state index in [9.17, 15) is 0 Å². The van der Waals surface area contributed by atoms with Crippen molar-refractivity contribution in [3.05, 3.63) is 55.1 Å². The molecule has 0 bridgehead atoms. The van der Waals surface area contributed by atoms with Gasteiger partial charge in [-0.2, -0.15) is 5.10 Å². The molecule has 1 N–H and O–H groups in total. The molecule has 30 heavy (non-hydrogen) atoms. The highest BCUT2D eigenvalue weighted by atomic mass is 35.5. The second-order valence-corrected chi connectivity index (χ2v) is 8.23. The van der Waals surface area contributed by atoms with E-state index >= 15 is 0 Å². The van der Waals surface area contributed by atoms with E-state index in [1.807, 2.05) is 31.8 Å². The predicted molar refractivity (Wildman–Crippen MR) is 120 cm³/mol. The molecule has 1 aromatic carbocycles. The summed E-state index contributed by atoms with van der Waals surface area (Å²) in [6, 6.07) is 10.4. The fourth-order valence-electron chi connectivity index (χ4n) is 4.25. The fraction of sp³-hybridized carbons (Fsp3) is 0.273. The van der Waals surface area contributed by atoms with Gasteiger partial charge in [0.05, 0.1) is 11.7 Å². The lowest BCUT2D eigenvalue weighted by Gasteiger charge is -2.56. The van der Waals surface area contributed by atoms with Crippen molar-refractivity contribution in [1.82, 2.24) is 30.0 Å². The Hall–Kier alpha value is -3.03. The van der Waals surface area contributed by atoms with Crippen LogP contribution in [0.5, 0.6) is 0 Å². The third-order valence-electron chi connectivity index (χ3n) is 6.00. The molecule has 0 unspecified atom stereocenters. The Labute approximate surface area is 180 Å². The van der Waals surface area contributed by atoms with Crippen molar-refractivity contribution < 1.29 is 0 Å². The number of nitrogens with zero attached hydrogens (tertiary/aromatic N) is 6. The minimum Gasteiger partial charge on any atom is -0.355 e. The first-order valence-corrected chi connectivity index (χ1v) is 9.86. The number of aryl methyl sites for hydroxylation is 1. The molecule has 0 amide bonds. The molecule has 2 aliphatic rings. The Morgan fingerprint density at radius 3 is 2.43 bits per heavy atom. The van der Waals surface area contributed by atoms with Crippen LogP contribution in [0.25, 0.3) is 33.4 Å². The van der Waals surface area contributed by atoms with Gasteiger partial charge in [0.15, 0.2) is 5.82 Å². The first-order chi connectivity index (χ1) is 14.2. The van der Waals surface area contributed by atoms with E-state index < -0.39 is 0 Å². The third kappa shape index (κ3) is 3.11. The molecule has 2 saturated heterocycles. The standard InChI is InChI=1S/C22H21N7.ClH/c1-28-10-18(9-26-28)15-2-3-16-7-25-21(27-19(16)6-15)17-4-5-20(24-8-17)29-13-22(14-29)11-23-12-22;/h2-10,23H,11-14H2,1H3;1H. The molecule has 0 atom stereocenters. The number of hydrogen-bond acceptors (Lipinski definition) is 6. The van der Waals surface area contributed by atoms with Crippen LogP contribution in [0.1, 0.15) is 0 Å². The Kier molecular flexibility index (Phi) is 4.45. The van der Waals surface area contributed by atoms with Crippen molar-refractivity contribution in [2.75, 3.05) is 31.1 Å². The van der Waals surface area contributed by atoms with E-state index in [-0.39, 0.29) is 12.4 Å². The van der Waals surface area contributed by atoms with Gasteiger partial charge in [0.1, 0.15) is 5.82 Å². The molecule has 0 aliphatic carbocycles. The number of halogens is 1. The summed E-state index contributed by atoms with van der Waals surface area (Å²) in [4.78, 5) is 16.3. The molecule has 2 aliphatic heterocycles. The van der Waals surface area contributed by atoms with Gasteiger partial charge in [0, 0.05) is 73.7 Å². The Morgan fingerprint density at radius 1 is 0.933 bits per heavy atom. The summed E-state index contributed by atoms with van der Waals surface area (Å²) in [6.07, 6.45) is 7.63. The molecule has 4 aromatic rings. The van der Waals surface area contributed by atoms with E-state index in [0.717, 1.165) is 59.6 Å². The number of aromatic nitrogens is 5. The maximum Gasteiger partial charge on any atom is 0.161 e. The number of benzene rings is 1. The zero-order chi connectivity index (χ0) is 19.4. The minimum atomic E-state index is 0. The number of fused-ring (bicyclic) bond motifs is 1. The van der Waals surface area contributed by atoms with Crippen LogP contribution in [-0.4, -0.2) is 50.9 Å². The molecule has 2 fully saturated rings. The van der Waals surface area contributed by atoms with Gasteiger partial charge in [-0.25, -0.2) is 15.0 Å². The van der Waals surface area contributed by atoms with Crippen molar-refractivity contribution >= 4 is 29.1 Å². The number of anilines is 1. The van der Waals surface area contributed by atoms with Gasteiger partial charge in [-0.3, -0.25) is 4.68 Å². The van der Waals surface area contributed by atoms with E-state index in [2.05, 4.69) is 55.6 Å². The molecule has 3 aromatic heterocycles. The summed E-state index contributed by atoms with van der Waals surface area (Å²) in [5, 5.41) is 8.65. The molecule has 1 spiro atoms. The van der Waals surface area contributed by atoms with Gasteiger partial charge in [-0.15, -0.1) is 12.4 Å². The van der Waals surface area contributed by atoms with E-state index in [1.54, 1.807) is 4.68 Å². The summed E-state index contributed by atoms with van der Waals surface area (Å²) >= 11 is 0. The van der Waals surface area contributed by atoms with Crippen LogP contribution in [0.4, 0.5) is 5.82 Å². The molecular formula is C22H22ClN7. The molecule has 6 rings (SSSR count). The van der Waals surface area contributed by atoms with Crippen molar-refractivity contribution in [3.8, 4) is 22.5 Å². The zero-order valence-corrected chi connectivity index (χ0v) is 17.4. The van der Waals surface area contributed by atoms with E-state index in [0.29, 0.717) is 11.2 Å². The molecule has 5 heterocycles. The Balaban J connectivity index is 0.00000193. The third-order valence-corrected chi connectivity index (χ3v) is 6.00. The summed E-state index contributed by atoms with van der Waals surface area (Å²) in [7, 11) is 1.92. The van der Waals surface area contributed by atoms with Gasteiger partial charge in [-0.1, -0.05) is 12.1 Å². The quantitative estimate of drug-likeness (QED) is 0.550. The fourth-order valence-corrected chi connectivity index (χ4v) is 4.25. The summed E-state index contributed by atoms with van der Waals surface area (Å²) in [5.41, 5.74) is 4.52. The first kappa shape index (κ1) is 19.0. The van der Waals surface area contributed by atoms with Crippen LogP contribution in [0.15, 0.2) is 55.1 Å². The number of nitrogens with one attached hydrogen (secondary N) is 1. The molecule has 7 nitrogen and oxygen atoms in total. The summed E-state index contributed by atoms with van der Waals surface area (Å²) in [5.74, 6) is 1.73. The zero-order valence-electron chi connectivity index (χ0n) is 16.6. The maximum atomic E-state index is 4.79. The first-order valence-electron chi connectivity index (χ1n) is 9.86. The Morgan fingerprint density at radius 2 is 1.77 bits per heavy atom. The van der Waals surface area contributed by atoms with E-state index in [1.165, 1.54) is 0 Å². The van der Waals surface area contributed by atoms with Gasteiger partial charge >= 0.3 is 0 Å². The number of pyridine rings is 1. The average Bonchev–Trinajstić information content (AvgIpc) is 3.12. The summed E-state index contributed by atoms with van der Waals surface area (Å²) < 4.78 is 1.81. The van der Waals surface area contributed by atoms with Crippen LogP contribution in [-0.2, 0) is 7.05 Å². The van der Waals surface area contributed by atoms with E-state index in [4.69, 9.17) is 4.98 Å². The minimum absolute atomic E-state index is 0. The predicted octanol–water partition coefficient (Wildman–Crippen LogP) is 2.92. The Bertz CT molecular complexity index is 1210. The van der Waals surface area contributed by atoms with Crippen LogP contribution in [0.3, 0.4) is 0 Å². The lowest BCUT2D eigenvalue weighted by atomic mass is 9.74. The van der Waals surface area contributed by atoms with Crippen LogP contribution >= 0.6 is 12.4 Å². The number of rotatable bonds is 3. The van der Waals surface area contributed by atoms with Crippen molar-refractivity contribution in [3.63, 3.8) is 0 Å². The lowest BCUT2D eigenvalue weighted by molar-refractivity contribution is 0.120. The van der Waals surface area contributed by atoms with Gasteiger partial charge in [-0.05, 0) is 23.8 Å². The summed E-state index contributed by atoms with van der Waals surface area (Å²) in [6.45, 7) is 4.45. The monoisotopic (exact) mass is 419 g/mol. The lowest BCUT2D eigenvalue weighted by Crippen LogP contribution is -2.71.